The van der Waals surface area contributed by atoms with Gasteiger partial charge in [0.1, 0.15) is 53.6 Å². The summed E-state index contributed by atoms with van der Waals surface area (Å²) >= 11 is 0. The molecule has 29 nitrogen and oxygen atoms in total. The molecule has 11 amide bonds. The van der Waals surface area contributed by atoms with Gasteiger partial charge in [-0.15, -0.1) is 12.4 Å². The first-order valence-electron chi connectivity index (χ1n) is 36.3. The largest absolute Gasteiger partial charge is 0.480 e. The van der Waals surface area contributed by atoms with Crippen LogP contribution in [0.5, 0.6) is 0 Å². The van der Waals surface area contributed by atoms with Crippen LogP contribution in [0, 0.1) is 57.2 Å². The molecule has 0 radical (unpaired) electrons. The summed E-state index contributed by atoms with van der Waals surface area (Å²) in [6, 6.07) is 10.5. The van der Waals surface area contributed by atoms with Gasteiger partial charge in [-0.2, -0.15) is 0 Å². The van der Waals surface area contributed by atoms with E-state index in [9.17, 15) is 72.9 Å². The molecule has 4 aliphatic carbocycles. The number of likely N-dealkylation sites (N-methyl/N-ethyl adjacent to an activating group) is 2. The molecule has 2 aromatic carbocycles. The first-order chi connectivity index (χ1) is 48.4. The third-order valence-corrected chi connectivity index (χ3v) is 20.4. The number of alkyl carbamates (subject to hydrolysis) is 2. The predicted molar refractivity (Wildman–Crippen MR) is 408 cm³/mol. The van der Waals surface area contributed by atoms with Gasteiger partial charge in [-0.3, -0.25) is 43.2 Å². The Morgan fingerprint density at radius 2 is 0.887 bits per heavy atom. The van der Waals surface area contributed by atoms with Crippen molar-refractivity contribution in [3.05, 3.63) is 71.8 Å². The average molecular weight is 1520 g/mol. The van der Waals surface area contributed by atoms with Crippen LogP contribution in [0.4, 0.5) is 9.59 Å². The number of carbonyl (C=O) groups excluding carboxylic acids is 11. The maximum atomic E-state index is 14.2. The number of benzene rings is 2. The number of carboxylic acids is 1. The molecule has 0 spiro atoms. The fraction of sp³-hybridized carbons (Fsp3) is 0.684. The Morgan fingerprint density at radius 1 is 0.538 bits per heavy atom. The van der Waals surface area contributed by atoms with Gasteiger partial charge in [0, 0.05) is 60.4 Å². The van der Waals surface area contributed by atoms with Gasteiger partial charge in [0.05, 0.1) is 19.1 Å². The van der Waals surface area contributed by atoms with Gasteiger partial charge in [0.25, 0.3) is 11.8 Å². The van der Waals surface area contributed by atoms with Crippen LogP contribution in [0.3, 0.4) is 0 Å². The lowest BCUT2D eigenvalue weighted by molar-refractivity contribution is -0.152. The minimum absolute atomic E-state index is 0. The Hall–Kier alpha value is -8.15. The van der Waals surface area contributed by atoms with Crippen LogP contribution in [0.2, 0.25) is 0 Å². The molecule has 6 fully saturated rings. The van der Waals surface area contributed by atoms with Crippen LogP contribution in [0.25, 0.3) is 0 Å². The molecule has 4 saturated carbocycles. The summed E-state index contributed by atoms with van der Waals surface area (Å²) in [6.45, 7) is 29.5. The SMILES string of the molecule is CC(C)(C)OC(=O)N[C@H](C(=O)N1C[C@H]2[C@@H](C1C(=O)O)C2(C)C)C(C)(C)C.CN(C)C(=O)[C@@H](NC(=O)CNC(=O)C(O)C(CC1CC1)NC(=O)C1[C@@H]2[C@H](CN1C(=O)[C@@H](NC(=O)OC(C)(C)C)C(C)(C)C)C2(C)C)c1ccccc1.CN(C)C(=O)[C@@H](NC(=O)CNC(=O)C(O)C(N)CC1CC1)c1ccccc1.Cl.[HH].[HH].[HH].[HH].[HH]. The number of halogens is 1. The maximum absolute atomic E-state index is 14.2. The Balaban J connectivity index is 0.00000174. The van der Waals surface area contributed by atoms with E-state index in [0.29, 0.717) is 43.0 Å². The molecule has 106 heavy (non-hydrogen) atoms. The van der Waals surface area contributed by atoms with E-state index in [0.717, 1.165) is 25.7 Å². The molecular formula is C76H129ClN12O17. The maximum Gasteiger partial charge on any atom is 0.408 e. The summed E-state index contributed by atoms with van der Waals surface area (Å²) in [5.74, 6) is -4.85. The topological polar surface area (TPSA) is 407 Å². The number of aliphatic hydroxyl groups is 2. The van der Waals surface area contributed by atoms with Gasteiger partial charge in [-0.05, 0) is 117 Å². The van der Waals surface area contributed by atoms with Crippen molar-refractivity contribution in [3.63, 3.8) is 0 Å². The van der Waals surface area contributed by atoms with Crippen molar-refractivity contribution in [2.45, 2.75) is 221 Å². The van der Waals surface area contributed by atoms with E-state index in [4.69, 9.17) is 15.2 Å². The van der Waals surface area contributed by atoms with Crippen molar-refractivity contribution in [1.29, 1.82) is 0 Å². The summed E-state index contributed by atoms with van der Waals surface area (Å²) in [5.41, 5.74) is 4.02. The molecule has 2 aromatic rings. The number of hydrogen-bond acceptors (Lipinski definition) is 17. The van der Waals surface area contributed by atoms with E-state index in [-0.39, 0.29) is 84.2 Å². The standard InChI is InChI=1S/C38H58N6O8.C19H28N4O4.C19H32N2O5.ClH.5H2/c1-36(2,3)30(42-35(51)52-37(4,5)6)34(50)44-20-23-26(38(23,7)8)28(44)31(47)40-24(18-21-16-17-21)29(46)32(48)39-19-25(45)41-27(33(49)43(9)10)22-14-12-11-13-15-22;1-23(2)19(27)16(13-6-4-3-5-7-13)22-15(24)11-21-18(26)17(25)14(20)10-12-8-9-12;1-17(2,3)13(20-16(25)26-18(4,5)6)14(22)21-9-10-11(19(10,7)8)12(21)15(23)24;;;;;;/h11-15,21,23-24,26-30,46H,16-20H2,1-10H3,(H,39,48)(H,40,47)(H,41,45)(H,42,51);3-7,12,14,16-17,25H,8-11,20H2,1-2H3,(H,21,26)(H,22,24);10-13H,9H2,1-8H3,(H,20,25)(H,23,24);6*1H/t23-,24?,26-,27-,28?,29?,30+;14?,16-,17?;10-,11-,12?,13+;;;;;;/m000....../s1. The highest BCUT2D eigenvalue weighted by Crippen LogP contribution is 2.66. The molecule has 2 aliphatic heterocycles. The summed E-state index contributed by atoms with van der Waals surface area (Å²) in [7, 11) is 6.35. The highest BCUT2D eigenvalue weighted by atomic mass is 35.5. The van der Waals surface area contributed by atoms with Crippen LogP contribution in [0.15, 0.2) is 60.7 Å². The van der Waals surface area contributed by atoms with Crippen molar-refractivity contribution < 1.29 is 89.5 Å². The van der Waals surface area contributed by atoms with Crippen molar-refractivity contribution in [1.82, 2.24) is 56.8 Å². The van der Waals surface area contributed by atoms with E-state index in [1.807, 2.05) is 75.3 Å². The molecule has 6 unspecified atom stereocenters. The smallest absolute Gasteiger partial charge is 0.408 e. The van der Waals surface area contributed by atoms with Crippen LogP contribution < -0.4 is 43.0 Å². The van der Waals surface area contributed by atoms with Crippen molar-refractivity contribution in [2.75, 3.05) is 54.4 Å². The molecule has 0 bridgehead atoms. The molecule has 2 heterocycles. The molecule has 0 aromatic heterocycles. The van der Waals surface area contributed by atoms with Gasteiger partial charge in [0.2, 0.25) is 41.4 Å². The third-order valence-electron chi connectivity index (χ3n) is 20.4. The predicted octanol–water partition coefficient (Wildman–Crippen LogP) is 5.80. The molecule has 602 valence electrons. The zero-order chi connectivity index (χ0) is 79.1. The molecule has 2 saturated heterocycles. The number of carbonyl (C=O) groups is 12. The van der Waals surface area contributed by atoms with Crippen molar-refractivity contribution in [3.8, 4) is 0 Å². The summed E-state index contributed by atoms with van der Waals surface area (Å²) in [4.78, 5) is 160. The Kier molecular flexibility index (Phi) is 29.4. The normalized spacial score (nSPS) is 22.4. The number of aliphatic carboxylic acids is 1. The number of rotatable bonds is 25. The third kappa shape index (κ3) is 23.9. The second-order valence-electron chi connectivity index (χ2n) is 34.8. The highest BCUT2D eigenvalue weighted by Gasteiger charge is 2.71. The lowest BCUT2D eigenvalue weighted by Crippen LogP contribution is -2.61. The monoisotopic (exact) mass is 1520 g/mol. The number of carboxylic acid groups (broad SMARTS) is 1. The van der Waals surface area contributed by atoms with E-state index in [1.54, 1.807) is 124 Å². The number of ether oxygens (including phenoxy) is 2. The van der Waals surface area contributed by atoms with Crippen LogP contribution >= 0.6 is 12.4 Å². The molecule has 12 N–H and O–H groups in total. The second-order valence-corrected chi connectivity index (χ2v) is 34.8. The van der Waals surface area contributed by atoms with E-state index < -0.39 is 143 Å². The first kappa shape index (κ1) is 88.5. The number of likely N-dealkylation sites (tertiary alicyclic amines) is 2. The summed E-state index contributed by atoms with van der Waals surface area (Å²) in [6.07, 6.45) is 0.398. The van der Waals surface area contributed by atoms with Gasteiger partial charge >= 0.3 is 18.2 Å². The lowest BCUT2D eigenvalue weighted by Gasteiger charge is -2.38. The Bertz CT molecular complexity index is 3500. The average Bonchev–Trinajstić information content (AvgIpc) is 1.53. The fourth-order valence-electron chi connectivity index (χ4n) is 13.9. The second kappa shape index (κ2) is 35.3. The molecular weight excluding hydrogens is 1390 g/mol. The van der Waals surface area contributed by atoms with Gasteiger partial charge in [0.15, 0.2) is 6.10 Å². The van der Waals surface area contributed by atoms with Crippen LogP contribution in [-0.4, -0.2) is 220 Å². The fourth-order valence-corrected chi connectivity index (χ4v) is 13.9. The summed E-state index contributed by atoms with van der Waals surface area (Å²) < 4.78 is 10.7. The van der Waals surface area contributed by atoms with Crippen LogP contribution in [0.1, 0.15) is 180 Å². The number of amides is 11. The Labute approximate surface area is 637 Å². The Morgan fingerprint density at radius 3 is 1.23 bits per heavy atom. The van der Waals surface area contributed by atoms with Gasteiger partial charge in [-0.1, -0.05) is 156 Å². The van der Waals surface area contributed by atoms with E-state index >= 15 is 0 Å². The molecule has 8 rings (SSSR count). The zero-order valence-corrected chi connectivity index (χ0v) is 66.2. The first-order valence-corrected chi connectivity index (χ1v) is 36.3. The number of fused-ring (bicyclic) bond motifs is 2. The zero-order valence-electron chi connectivity index (χ0n) is 65.4. The minimum atomic E-state index is -1.68. The number of nitrogens with one attached hydrogen (secondary N) is 7. The van der Waals surface area contributed by atoms with Crippen molar-refractivity contribution in [2.24, 2.45) is 62.9 Å². The van der Waals surface area contributed by atoms with Gasteiger partial charge < -0.3 is 87.3 Å². The number of aliphatic hydroxyl groups excluding tert-OH is 2. The quantitative estimate of drug-likeness (QED) is 0.0559. The number of piperidine rings is 2. The molecule has 14 atom stereocenters. The number of nitrogens with two attached hydrogens (primary N) is 1. The van der Waals surface area contributed by atoms with Crippen LogP contribution in [-0.2, 0) is 57.4 Å². The molecule has 30 heteroatoms. The van der Waals surface area contributed by atoms with Crippen molar-refractivity contribution >= 4 is 83.7 Å². The minimum Gasteiger partial charge on any atom is -0.480 e. The van der Waals surface area contributed by atoms with Gasteiger partial charge in [-0.25, -0.2) is 14.4 Å². The number of hydrogen-bond donors (Lipinski definition) is 11. The van der Waals surface area contributed by atoms with E-state index in [1.165, 1.54) is 19.6 Å². The van der Waals surface area contributed by atoms with E-state index in [2.05, 4.69) is 37.2 Å². The highest BCUT2D eigenvalue weighted by molar-refractivity contribution is 5.96. The molecule has 6 aliphatic rings. The summed E-state index contributed by atoms with van der Waals surface area (Å²) in [5, 5.41) is 49.3. The number of nitrogens with zero attached hydrogens (tertiary/aromatic N) is 4. The lowest BCUT2D eigenvalue weighted by atomic mass is 9.85.